The number of ether oxygens (including phenoxy) is 2. The summed E-state index contributed by atoms with van der Waals surface area (Å²) >= 11 is 0. The molecule has 5 heteroatoms. The van der Waals surface area contributed by atoms with E-state index in [4.69, 9.17) is 15.2 Å². The van der Waals surface area contributed by atoms with Gasteiger partial charge in [-0.05, 0) is 25.7 Å². The minimum atomic E-state index is 0.0466. The zero-order valence-corrected chi connectivity index (χ0v) is 9.69. The smallest absolute Gasteiger partial charge is 0.319 e. The lowest BCUT2D eigenvalue weighted by molar-refractivity contribution is 0.348. The predicted octanol–water partition coefficient (Wildman–Crippen LogP) is 0.918. The second-order valence-electron chi connectivity index (χ2n) is 4.25. The van der Waals surface area contributed by atoms with E-state index >= 15 is 0 Å². The fourth-order valence-electron chi connectivity index (χ4n) is 1.62. The maximum Gasteiger partial charge on any atom is 0.319 e. The van der Waals surface area contributed by atoms with Crippen LogP contribution in [0.3, 0.4) is 0 Å². The number of rotatable bonds is 5. The zero-order valence-electron chi connectivity index (χ0n) is 9.69. The van der Waals surface area contributed by atoms with Crippen molar-refractivity contribution < 1.29 is 9.47 Å². The Bertz CT molecular complexity index is 377. The van der Waals surface area contributed by atoms with Gasteiger partial charge in [-0.2, -0.15) is 4.98 Å². The van der Waals surface area contributed by atoms with Crippen molar-refractivity contribution in [2.45, 2.75) is 31.2 Å². The van der Waals surface area contributed by atoms with E-state index < -0.39 is 0 Å². The number of nitrogens with zero attached hydrogens (tertiary/aromatic N) is 2. The van der Waals surface area contributed by atoms with Gasteiger partial charge >= 0.3 is 6.01 Å². The maximum atomic E-state index is 6.04. The third-order valence-corrected chi connectivity index (χ3v) is 2.96. The molecule has 1 saturated carbocycles. The summed E-state index contributed by atoms with van der Waals surface area (Å²) in [6, 6.07) is 0.328. The summed E-state index contributed by atoms with van der Waals surface area (Å²) in [5, 5.41) is 0. The second-order valence-corrected chi connectivity index (χ2v) is 4.25. The van der Waals surface area contributed by atoms with Crippen molar-refractivity contribution in [3.8, 4) is 11.9 Å². The molecule has 0 aliphatic heterocycles. The predicted molar refractivity (Wildman–Crippen MR) is 59.6 cm³/mol. The summed E-state index contributed by atoms with van der Waals surface area (Å²) in [5.41, 5.74) is 7.07. The molecule has 0 radical (unpaired) electrons. The molecule has 0 atom stereocenters. The lowest BCUT2D eigenvalue weighted by Crippen LogP contribution is -2.22. The number of hydrogen-bond donors (Lipinski definition) is 1. The van der Waals surface area contributed by atoms with Crippen LogP contribution in [0.5, 0.6) is 11.9 Å². The molecule has 88 valence electrons. The van der Waals surface area contributed by atoms with Crippen molar-refractivity contribution in [1.82, 2.24) is 9.97 Å². The van der Waals surface area contributed by atoms with E-state index in [0.29, 0.717) is 11.9 Å². The van der Waals surface area contributed by atoms with E-state index in [1.54, 1.807) is 13.3 Å². The Labute approximate surface area is 95.0 Å². The van der Waals surface area contributed by atoms with Gasteiger partial charge in [-0.3, -0.25) is 0 Å². The number of aryl methyl sites for hydroxylation is 1. The lowest BCUT2D eigenvalue weighted by Gasteiger charge is -2.10. The molecular weight excluding hydrogens is 206 g/mol. The van der Waals surface area contributed by atoms with Crippen molar-refractivity contribution in [2.75, 3.05) is 14.2 Å². The van der Waals surface area contributed by atoms with Crippen LogP contribution in [0.2, 0.25) is 0 Å². The van der Waals surface area contributed by atoms with Crippen LogP contribution in [0, 0.1) is 0 Å². The topological polar surface area (TPSA) is 70.3 Å². The van der Waals surface area contributed by atoms with Crippen molar-refractivity contribution in [1.29, 1.82) is 0 Å². The van der Waals surface area contributed by atoms with Gasteiger partial charge < -0.3 is 15.2 Å². The highest BCUT2D eigenvalue weighted by Gasteiger charge is 2.37. The van der Waals surface area contributed by atoms with Crippen LogP contribution in [-0.4, -0.2) is 29.7 Å². The first-order valence-corrected chi connectivity index (χ1v) is 5.40. The van der Waals surface area contributed by atoms with Gasteiger partial charge in [-0.15, -0.1) is 0 Å². The quantitative estimate of drug-likeness (QED) is 0.803. The average molecular weight is 223 g/mol. The largest absolute Gasteiger partial charge is 0.481 e. The molecule has 0 saturated heterocycles. The van der Waals surface area contributed by atoms with Crippen molar-refractivity contribution in [3.05, 3.63) is 11.8 Å². The van der Waals surface area contributed by atoms with Gasteiger partial charge in [0.05, 0.1) is 14.2 Å². The molecule has 1 heterocycles. The summed E-state index contributed by atoms with van der Waals surface area (Å²) in [4.78, 5) is 8.21. The number of aromatic nitrogens is 2. The van der Waals surface area contributed by atoms with Gasteiger partial charge in [0, 0.05) is 17.3 Å². The number of hydrogen-bond acceptors (Lipinski definition) is 5. The zero-order chi connectivity index (χ0) is 11.6. The molecule has 5 nitrogen and oxygen atoms in total. The van der Waals surface area contributed by atoms with Crippen molar-refractivity contribution >= 4 is 0 Å². The van der Waals surface area contributed by atoms with Crippen LogP contribution in [0.1, 0.15) is 24.8 Å². The maximum absolute atomic E-state index is 6.04. The molecule has 1 aromatic heterocycles. The number of nitrogens with two attached hydrogens (primary N) is 1. The normalized spacial score (nSPS) is 16.9. The first kappa shape index (κ1) is 11.1. The van der Waals surface area contributed by atoms with E-state index in [0.717, 1.165) is 31.2 Å². The molecule has 1 aliphatic carbocycles. The number of methoxy groups -OCH3 is 2. The molecule has 2 N–H and O–H groups in total. The van der Waals surface area contributed by atoms with Gasteiger partial charge in [0.25, 0.3) is 0 Å². The summed E-state index contributed by atoms with van der Waals surface area (Å²) in [7, 11) is 3.13. The average Bonchev–Trinajstić information content (AvgIpc) is 3.05. The van der Waals surface area contributed by atoms with Crippen LogP contribution < -0.4 is 15.2 Å². The van der Waals surface area contributed by atoms with E-state index in [9.17, 15) is 0 Å². The van der Waals surface area contributed by atoms with E-state index in [2.05, 4.69) is 9.97 Å². The second kappa shape index (κ2) is 4.25. The molecule has 1 fully saturated rings. The van der Waals surface area contributed by atoms with Gasteiger partial charge in [-0.1, -0.05) is 0 Å². The van der Waals surface area contributed by atoms with Gasteiger partial charge in [0.15, 0.2) is 0 Å². The standard InChI is InChI=1S/C11H17N3O2/c1-15-9-8(3-4-11(12)5-6-11)7-13-10(14-9)16-2/h7H,3-6,12H2,1-2H3. The van der Waals surface area contributed by atoms with Crippen LogP contribution in [0.15, 0.2) is 6.20 Å². The summed E-state index contributed by atoms with van der Waals surface area (Å²) in [6.07, 6.45) is 5.79. The van der Waals surface area contributed by atoms with Crippen molar-refractivity contribution in [3.63, 3.8) is 0 Å². The molecule has 0 unspecified atom stereocenters. The van der Waals surface area contributed by atoms with Gasteiger partial charge in [-0.25, -0.2) is 4.98 Å². The van der Waals surface area contributed by atoms with Crippen LogP contribution >= 0.6 is 0 Å². The molecule has 0 spiro atoms. The third kappa shape index (κ3) is 2.41. The monoisotopic (exact) mass is 223 g/mol. The Morgan fingerprint density at radius 1 is 1.38 bits per heavy atom. The van der Waals surface area contributed by atoms with Crippen LogP contribution in [-0.2, 0) is 6.42 Å². The molecule has 0 bridgehead atoms. The van der Waals surface area contributed by atoms with E-state index in [1.165, 1.54) is 7.11 Å². The first-order valence-electron chi connectivity index (χ1n) is 5.40. The summed E-state index contributed by atoms with van der Waals surface area (Å²) in [6.45, 7) is 0. The minimum Gasteiger partial charge on any atom is -0.481 e. The molecule has 0 amide bonds. The molecule has 2 rings (SSSR count). The van der Waals surface area contributed by atoms with Gasteiger partial charge in [0.2, 0.25) is 5.88 Å². The Morgan fingerprint density at radius 2 is 2.12 bits per heavy atom. The Morgan fingerprint density at radius 3 is 2.69 bits per heavy atom. The fraction of sp³-hybridized carbons (Fsp3) is 0.636. The van der Waals surface area contributed by atoms with Gasteiger partial charge in [0.1, 0.15) is 0 Å². The van der Waals surface area contributed by atoms with Crippen LogP contribution in [0.4, 0.5) is 0 Å². The van der Waals surface area contributed by atoms with Crippen molar-refractivity contribution in [2.24, 2.45) is 5.73 Å². The summed E-state index contributed by atoms with van der Waals surface area (Å²) in [5.74, 6) is 0.580. The highest BCUT2D eigenvalue weighted by atomic mass is 16.5. The minimum absolute atomic E-state index is 0.0466. The summed E-state index contributed by atoms with van der Waals surface area (Å²) < 4.78 is 10.1. The third-order valence-electron chi connectivity index (χ3n) is 2.96. The highest BCUT2D eigenvalue weighted by Crippen LogP contribution is 2.37. The molecule has 0 aromatic carbocycles. The first-order chi connectivity index (χ1) is 7.67. The molecular formula is C11H17N3O2. The molecule has 16 heavy (non-hydrogen) atoms. The molecule has 1 aliphatic rings. The SMILES string of the molecule is COc1ncc(CCC2(N)CC2)c(OC)n1. The Balaban J connectivity index is 2.07. The Kier molecular flexibility index (Phi) is 2.96. The lowest BCUT2D eigenvalue weighted by atomic mass is 10.1. The van der Waals surface area contributed by atoms with E-state index in [1.807, 2.05) is 0 Å². The Hall–Kier alpha value is -1.36. The van der Waals surface area contributed by atoms with E-state index in [-0.39, 0.29) is 5.54 Å². The molecule has 1 aromatic rings. The fourth-order valence-corrected chi connectivity index (χ4v) is 1.62. The highest BCUT2D eigenvalue weighted by molar-refractivity contribution is 5.26. The van der Waals surface area contributed by atoms with Crippen LogP contribution in [0.25, 0.3) is 0 Å².